The number of benzene rings is 2. The van der Waals surface area contributed by atoms with Crippen LogP contribution in [0.5, 0.6) is 5.75 Å². The fourth-order valence-corrected chi connectivity index (χ4v) is 5.25. The second kappa shape index (κ2) is 9.61. The third-order valence-corrected chi connectivity index (χ3v) is 7.34. The number of hydrogen-bond donors (Lipinski definition) is 1. The first-order valence-corrected chi connectivity index (χ1v) is 11.5. The minimum absolute atomic E-state index is 0.0380. The van der Waals surface area contributed by atoms with Crippen molar-refractivity contribution in [1.29, 1.82) is 0 Å². The zero-order valence-corrected chi connectivity index (χ0v) is 17.9. The number of piperidine rings is 1. The number of carbonyl (C=O) groups is 1. The summed E-state index contributed by atoms with van der Waals surface area (Å²) in [5.41, 5.74) is 1.58. The Bertz CT molecular complexity index is 939. The van der Waals surface area contributed by atoms with E-state index in [0.29, 0.717) is 43.1 Å². The van der Waals surface area contributed by atoms with Gasteiger partial charge in [-0.25, -0.2) is 12.7 Å². The van der Waals surface area contributed by atoms with Crippen molar-refractivity contribution in [2.75, 3.05) is 20.2 Å². The molecule has 1 aliphatic rings. The van der Waals surface area contributed by atoms with Crippen LogP contribution < -0.4 is 10.1 Å². The normalized spacial score (nSPS) is 15.8. The molecule has 2 aromatic rings. The van der Waals surface area contributed by atoms with Gasteiger partial charge in [0.1, 0.15) is 5.75 Å². The molecule has 0 saturated carbocycles. The second-order valence-electron chi connectivity index (χ2n) is 7.09. The molecule has 1 aliphatic heterocycles. The molecule has 8 heteroatoms. The summed E-state index contributed by atoms with van der Waals surface area (Å²) in [6, 6.07) is 14.5. The highest BCUT2D eigenvalue weighted by Gasteiger charge is 2.31. The fourth-order valence-electron chi connectivity index (χ4n) is 3.38. The van der Waals surface area contributed by atoms with Gasteiger partial charge in [0, 0.05) is 30.6 Å². The molecule has 1 fully saturated rings. The van der Waals surface area contributed by atoms with Gasteiger partial charge in [-0.15, -0.1) is 0 Å². The summed E-state index contributed by atoms with van der Waals surface area (Å²) < 4.78 is 32.0. The topological polar surface area (TPSA) is 75.7 Å². The average molecular weight is 437 g/mol. The molecule has 1 amide bonds. The minimum Gasteiger partial charge on any atom is -0.497 e. The molecule has 0 bridgehead atoms. The first kappa shape index (κ1) is 21.6. The monoisotopic (exact) mass is 436 g/mol. The maximum Gasteiger partial charge on any atom is 0.223 e. The van der Waals surface area contributed by atoms with Crippen LogP contribution in [0, 0.1) is 5.92 Å². The number of nitrogens with zero attached hydrogens (tertiary/aromatic N) is 1. The molecule has 1 heterocycles. The number of sulfonamides is 1. The van der Waals surface area contributed by atoms with Gasteiger partial charge >= 0.3 is 0 Å². The van der Waals surface area contributed by atoms with E-state index in [0.717, 1.165) is 11.3 Å². The quantitative estimate of drug-likeness (QED) is 0.723. The van der Waals surface area contributed by atoms with Crippen molar-refractivity contribution < 1.29 is 17.9 Å². The van der Waals surface area contributed by atoms with Crippen molar-refractivity contribution in [3.8, 4) is 5.75 Å². The van der Waals surface area contributed by atoms with E-state index in [1.165, 1.54) is 4.31 Å². The SMILES string of the molecule is COc1ccc(CNC(=O)C2CCN(S(=O)(=O)Cc3ccccc3Cl)CC2)cc1. The Hall–Kier alpha value is -2.09. The van der Waals surface area contributed by atoms with Crippen LogP contribution in [0.1, 0.15) is 24.0 Å². The van der Waals surface area contributed by atoms with Gasteiger partial charge in [0.25, 0.3) is 0 Å². The molecule has 2 aromatic carbocycles. The maximum atomic E-state index is 12.7. The lowest BCUT2D eigenvalue weighted by Crippen LogP contribution is -2.43. The van der Waals surface area contributed by atoms with E-state index in [2.05, 4.69) is 5.32 Å². The zero-order valence-electron chi connectivity index (χ0n) is 16.3. The van der Waals surface area contributed by atoms with Crippen molar-refractivity contribution >= 4 is 27.5 Å². The first-order valence-electron chi connectivity index (χ1n) is 9.51. The van der Waals surface area contributed by atoms with Crippen LogP contribution in [0.4, 0.5) is 0 Å². The minimum atomic E-state index is -3.46. The highest BCUT2D eigenvalue weighted by molar-refractivity contribution is 7.88. The molecule has 3 rings (SSSR count). The van der Waals surface area contributed by atoms with E-state index < -0.39 is 10.0 Å². The van der Waals surface area contributed by atoms with Gasteiger partial charge in [0.05, 0.1) is 12.9 Å². The third kappa shape index (κ3) is 5.72. The van der Waals surface area contributed by atoms with Crippen LogP contribution in [0.15, 0.2) is 48.5 Å². The maximum absolute atomic E-state index is 12.7. The molecule has 1 N–H and O–H groups in total. The molecule has 0 atom stereocenters. The van der Waals surface area contributed by atoms with E-state index in [4.69, 9.17) is 16.3 Å². The Morgan fingerprint density at radius 1 is 1.14 bits per heavy atom. The predicted molar refractivity (Wildman–Crippen MR) is 113 cm³/mol. The molecular weight excluding hydrogens is 412 g/mol. The summed E-state index contributed by atoms with van der Waals surface area (Å²) >= 11 is 6.09. The van der Waals surface area contributed by atoms with E-state index in [-0.39, 0.29) is 17.6 Å². The number of rotatable bonds is 7. The predicted octanol–water partition coefficient (Wildman–Crippen LogP) is 3.21. The van der Waals surface area contributed by atoms with Crippen molar-refractivity contribution in [2.45, 2.75) is 25.1 Å². The molecular formula is C21H25ClN2O4S. The number of amides is 1. The summed E-state index contributed by atoms with van der Waals surface area (Å²) in [7, 11) is -1.86. The lowest BCUT2D eigenvalue weighted by Gasteiger charge is -2.30. The van der Waals surface area contributed by atoms with Gasteiger partial charge in [-0.2, -0.15) is 0 Å². The van der Waals surface area contributed by atoms with Gasteiger partial charge in [-0.05, 0) is 42.2 Å². The molecule has 1 saturated heterocycles. The van der Waals surface area contributed by atoms with E-state index in [1.807, 2.05) is 24.3 Å². The molecule has 0 radical (unpaired) electrons. The first-order chi connectivity index (χ1) is 13.9. The summed E-state index contributed by atoms with van der Waals surface area (Å²) in [6.07, 6.45) is 1.02. The molecule has 6 nitrogen and oxygen atoms in total. The smallest absolute Gasteiger partial charge is 0.223 e. The van der Waals surface area contributed by atoms with Crippen LogP contribution in [0.2, 0.25) is 5.02 Å². The van der Waals surface area contributed by atoms with E-state index >= 15 is 0 Å². The Balaban J connectivity index is 1.50. The van der Waals surface area contributed by atoms with Crippen LogP contribution in [-0.2, 0) is 27.1 Å². The number of carbonyl (C=O) groups excluding carboxylic acids is 1. The largest absolute Gasteiger partial charge is 0.497 e. The van der Waals surface area contributed by atoms with E-state index in [1.54, 1.807) is 31.4 Å². The Kier molecular flexibility index (Phi) is 7.16. The number of halogens is 1. The Labute approximate surface area is 176 Å². The van der Waals surface area contributed by atoms with Crippen LogP contribution >= 0.6 is 11.6 Å². The van der Waals surface area contributed by atoms with Gasteiger partial charge in [-0.3, -0.25) is 4.79 Å². The molecule has 29 heavy (non-hydrogen) atoms. The summed E-state index contributed by atoms with van der Waals surface area (Å²) in [5, 5.41) is 3.39. The highest BCUT2D eigenvalue weighted by Crippen LogP contribution is 2.24. The third-order valence-electron chi connectivity index (χ3n) is 5.14. The Morgan fingerprint density at radius 2 is 1.79 bits per heavy atom. The summed E-state index contributed by atoms with van der Waals surface area (Å²) in [6.45, 7) is 1.12. The van der Waals surface area contributed by atoms with E-state index in [9.17, 15) is 13.2 Å². The fraction of sp³-hybridized carbons (Fsp3) is 0.381. The zero-order chi connectivity index (χ0) is 20.9. The molecule has 0 unspecified atom stereocenters. The van der Waals surface area contributed by atoms with Crippen molar-refractivity contribution in [1.82, 2.24) is 9.62 Å². The molecule has 156 valence electrons. The summed E-state index contributed by atoms with van der Waals surface area (Å²) in [5.74, 6) is 0.426. The number of ether oxygens (including phenoxy) is 1. The number of hydrogen-bond acceptors (Lipinski definition) is 4. The molecule has 0 aliphatic carbocycles. The van der Waals surface area contributed by atoms with Gasteiger partial charge < -0.3 is 10.1 Å². The van der Waals surface area contributed by atoms with Gasteiger partial charge in [0.2, 0.25) is 15.9 Å². The van der Waals surface area contributed by atoms with Crippen molar-refractivity contribution in [3.05, 3.63) is 64.7 Å². The van der Waals surface area contributed by atoms with Gasteiger partial charge in [0.15, 0.2) is 0 Å². The van der Waals surface area contributed by atoms with Crippen LogP contribution in [0.3, 0.4) is 0 Å². The highest BCUT2D eigenvalue weighted by atomic mass is 35.5. The number of methoxy groups -OCH3 is 1. The lowest BCUT2D eigenvalue weighted by atomic mass is 9.97. The lowest BCUT2D eigenvalue weighted by molar-refractivity contribution is -0.126. The van der Waals surface area contributed by atoms with Crippen molar-refractivity contribution in [3.63, 3.8) is 0 Å². The molecule has 0 aromatic heterocycles. The Morgan fingerprint density at radius 3 is 2.41 bits per heavy atom. The second-order valence-corrected chi connectivity index (χ2v) is 9.46. The average Bonchev–Trinajstić information content (AvgIpc) is 2.74. The standard InChI is InChI=1S/C21H25ClN2O4S/c1-28-19-8-6-16(7-9-19)14-23-21(25)17-10-12-24(13-11-17)29(26,27)15-18-4-2-3-5-20(18)22/h2-9,17H,10-15H2,1H3,(H,23,25). The van der Waals surface area contributed by atoms with Crippen LogP contribution in [0.25, 0.3) is 0 Å². The van der Waals surface area contributed by atoms with Crippen LogP contribution in [-0.4, -0.2) is 38.8 Å². The van der Waals surface area contributed by atoms with Crippen molar-refractivity contribution in [2.24, 2.45) is 5.92 Å². The number of nitrogens with one attached hydrogen (secondary N) is 1. The summed E-state index contributed by atoms with van der Waals surface area (Å²) in [4.78, 5) is 12.5. The van der Waals surface area contributed by atoms with Gasteiger partial charge in [-0.1, -0.05) is 41.9 Å². The molecule has 0 spiro atoms.